The Hall–Kier alpha value is -3.68. The summed E-state index contributed by atoms with van der Waals surface area (Å²) in [5, 5.41) is 9.58. The number of aryl methyl sites for hydroxylation is 1. The molecule has 3 aromatic carbocycles. The van der Waals surface area contributed by atoms with Gasteiger partial charge >= 0.3 is 5.97 Å². The minimum Gasteiger partial charge on any atom is -0.481 e. The summed E-state index contributed by atoms with van der Waals surface area (Å²) in [4.78, 5) is 24.4. The van der Waals surface area contributed by atoms with E-state index in [1.165, 1.54) is 5.56 Å². The highest BCUT2D eigenvalue weighted by Crippen LogP contribution is 2.22. The van der Waals surface area contributed by atoms with Crippen molar-refractivity contribution < 1.29 is 19.4 Å². The summed E-state index contributed by atoms with van der Waals surface area (Å²) in [6, 6.07) is 25.2. The smallest absolute Gasteiger partial charge is 0.306 e. The fourth-order valence-corrected chi connectivity index (χ4v) is 3.66. The van der Waals surface area contributed by atoms with Crippen LogP contribution in [0.15, 0.2) is 78.9 Å². The first-order chi connectivity index (χ1) is 16.1. The van der Waals surface area contributed by atoms with E-state index in [0.29, 0.717) is 18.6 Å². The molecule has 1 atom stereocenters. The predicted molar refractivity (Wildman–Crippen MR) is 130 cm³/mol. The van der Waals surface area contributed by atoms with Gasteiger partial charge in [-0.1, -0.05) is 78.6 Å². The van der Waals surface area contributed by atoms with Gasteiger partial charge in [-0.05, 0) is 48.1 Å². The molecule has 33 heavy (non-hydrogen) atoms. The molecule has 0 radical (unpaired) electrons. The lowest BCUT2D eigenvalue weighted by molar-refractivity contribution is -0.141. The van der Waals surface area contributed by atoms with Crippen LogP contribution in [0.4, 0.5) is 0 Å². The number of hydrogen-bond donors (Lipinski definition) is 1. The molecule has 4 nitrogen and oxygen atoms in total. The van der Waals surface area contributed by atoms with Crippen molar-refractivity contribution in [1.29, 1.82) is 0 Å². The van der Waals surface area contributed by atoms with Gasteiger partial charge in [0, 0.05) is 24.7 Å². The lowest BCUT2D eigenvalue weighted by atomic mass is 9.92. The third-order valence-electron chi connectivity index (χ3n) is 5.52. The topological polar surface area (TPSA) is 63.6 Å². The van der Waals surface area contributed by atoms with Gasteiger partial charge in [-0.2, -0.15) is 0 Å². The summed E-state index contributed by atoms with van der Waals surface area (Å²) in [5.41, 5.74) is 4.64. The maximum atomic E-state index is 12.7. The van der Waals surface area contributed by atoms with Crippen molar-refractivity contribution in [3.05, 3.63) is 95.6 Å². The highest BCUT2D eigenvalue weighted by Gasteiger charge is 2.21. The van der Waals surface area contributed by atoms with Crippen LogP contribution in [-0.2, 0) is 16.0 Å². The third-order valence-corrected chi connectivity index (χ3v) is 5.52. The molecule has 3 aromatic rings. The Labute approximate surface area is 195 Å². The van der Waals surface area contributed by atoms with Crippen LogP contribution >= 0.6 is 0 Å². The van der Waals surface area contributed by atoms with E-state index in [0.717, 1.165) is 29.5 Å². The minimum atomic E-state index is -0.915. The van der Waals surface area contributed by atoms with Crippen molar-refractivity contribution in [2.45, 2.75) is 25.7 Å². The molecule has 0 aliphatic rings. The summed E-state index contributed by atoms with van der Waals surface area (Å²) >= 11 is 0. The van der Waals surface area contributed by atoms with Gasteiger partial charge in [-0.25, -0.2) is 0 Å². The lowest BCUT2D eigenvalue weighted by Gasteiger charge is -2.12. The second-order valence-electron chi connectivity index (χ2n) is 7.93. The Morgan fingerprint density at radius 3 is 2.15 bits per heavy atom. The Morgan fingerprint density at radius 2 is 1.55 bits per heavy atom. The number of aliphatic carboxylic acids is 1. The van der Waals surface area contributed by atoms with Crippen LogP contribution in [0.2, 0.25) is 0 Å². The van der Waals surface area contributed by atoms with Crippen LogP contribution in [0.5, 0.6) is 0 Å². The quantitative estimate of drug-likeness (QED) is 0.327. The molecule has 168 valence electrons. The molecular formula is C29H28O4. The highest BCUT2D eigenvalue weighted by atomic mass is 16.5. The number of Topliss-reactive ketones (excluding diaryl/α,β-unsaturated/α-hetero) is 1. The van der Waals surface area contributed by atoms with Gasteiger partial charge in [0.05, 0.1) is 5.92 Å². The van der Waals surface area contributed by atoms with E-state index in [4.69, 9.17) is 4.74 Å². The first-order valence-corrected chi connectivity index (χ1v) is 11.0. The molecule has 0 saturated heterocycles. The van der Waals surface area contributed by atoms with Gasteiger partial charge in [0.1, 0.15) is 6.61 Å². The van der Waals surface area contributed by atoms with Crippen molar-refractivity contribution in [2.24, 2.45) is 5.92 Å². The molecule has 0 aliphatic heterocycles. The van der Waals surface area contributed by atoms with Gasteiger partial charge in [0.2, 0.25) is 0 Å². The molecule has 0 spiro atoms. The zero-order valence-corrected chi connectivity index (χ0v) is 18.8. The van der Waals surface area contributed by atoms with Crippen molar-refractivity contribution >= 4 is 11.8 Å². The molecule has 0 aliphatic carbocycles. The van der Waals surface area contributed by atoms with Crippen LogP contribution in [0.1, 0.15) is 40.7 Å². The minimum absolute atomic E-state index is 0.0122. The first kappa shape index (κ1) is 24.0. The fraction of sp³-hybridized carbons (Fsp3) is 0.241. The molecule has 3 rings (SSSR count). The fourth-order valence-electron chi connectivity index (χ4n) is 3.66. The monoisotopic (exact) mass is 440 g/mol. The Morgan fingerprint density at radius 1 is 0.909 bits per heavy atom. The maximum Gasteiger partial charge on any atom is 0.306 e. The van der Waals surface area contributed by atoms with Gasteiger partial charge in [0.25, 0.3) is 0 Å². The molecular weight excluding hydrogens is 412 g/mol. The highest BCUT2D eigenvalue weighted by molar-refractivity contribution is 5.98. The molecule has 4 heteroatoms. The summed E-state index contributed by atoms with van der Waals surface area (Å²) in [6.07, 6.45) is 2.04. The maximum absolute atomic E-state index is 12.7. The third kappa shape index (κ3) is 7.45. The largest absolute Gasteiger partial charge is 0.481 e. The predicted octanol–water partition coefficient (Wildman–Crippen LogP) is 5.65. The summed E-state index contributed by atoms with van der Waals surface area (Å²) in [7, 11) is 1.61. The first-order valence-electron chi connectivity index (χ1n) is 11.0. The van der Waals surface area contributed by atoms with Gasteiger partial charge < -0.3 is 9.84 Å². The standard InChI is InChI=1S/C29H28O4/c1-33-20-6-10-23-12-14-24(15-13-23)25-16-18-26(19-17-25)28(30)21-27(29(31)32)11-5-9-22-7-3-2-4-8-22/h2-4,7-8,12-19,27H,5,9,11,20-21H2,1H3,(H,31,32). The molecule has 0 amide bonds. The van der Waals surface area contributed by atoms with Crippen LogP contribution in [0.25, 0.3) is 11.1 Å². The van der Waals surface area contributed by atoms with E-state index in [1.54, 1.807) is 19.2 Å². The molecule has 1 N–H and O–H groups in total. The van der Waals surface area contributed by atoms with Crippen molar-refractivity contribution in [3.63, 3.8) is 0 Å². The van der Waals surface area contributed by atoms with Crippen molar-refractivity contribution in [2.75, 3.05) is 13.7 Å². The summed E-state index contributed by atoms with van der Waals surface area (Å²) in [5.74, 6) is 4.23. The number of carbonyl (C=O) groups excluding carboxylic acids is 1. The Balaban J connectivity index is 1.58. The van der Waals surface area contributed by atoms with Crippen molar-refractivity contribution in [1.82, 2.24) is 0 Å². The van der Waals surface area contributed by atoms with Crippen LogP contribution in [-0.4, -0.2) is 30.6 Å². The zero-order chi connectivity index (χ0) is 23.5. The van der Waals surface area contributed by atoms with E-state index >= 15 is 0 Å². The number of carboxylic acid groups (broad SMARTS) is 1. The number of benzene rings is 3. The summed E-state index contributed by atoms with van der Waals surface area (Å²) in [6.45, 7) is 0.396. The van der Waals surface area contributed by atoms with Gasteiger partial charge in [0.15, 0.2) is 5.78 Å². The van der Waals surface area contributed by atoms with E-state index < -0.39 is 11.9 Å². The normalized spacial score (nSPS) is 11.3. The number of rotatable bonds is 10. The molecule has 0 fully saturated rings. The Kier molecular flexibility index (Phi) is 8.99. The number of carboxylic acids is 1. The van der Waals surface area contributed by atoms with Crippen molar-refractivity contribution in [3.8, 4) is 23.0 Å². The average Bonchev–Trinajstić information content (AvgIpc) is 2.84. The van der Waals surface area contributed by atoms with Gasteiger partial charge in [-0.15, -0.1) is 0 Å². The van der Waals surface area contributed by atoms with E-state index in [9.17, 15) is 14.7 Å². The van der Waals surface area contributed by atoms with E-state index in [1.807, 2.05) is 66.7 Å². The number of ketones is 1. The molecule has 0 bridgehead atoms. The molecule has 0 aromatic heterocycles. The Bertz CT molecular complexity index is 1100. The van der Waals surface area contributed by atoms with Crippen LogP contribution in [0, 0.1) is 17.8 Å². The number of ether oxygens (including phenoxy) is 1. The number of carbonyl (C=O) groups is 2. The van der Waals surface area contributed by atoms with Crippen LogP contribution in [0.3, 0.4) is 0 Å². The summed E-state index contributed by atoms with van der Waals surface area (Å²) < 4.78 is 4.93. The van der Waals surface area contributed by atoms with E-state index in [2.05, 4.69) is 11.8 Å². The second-order valence-corrected chi connectivity index (χ2v) is 7.93. The molecule has 1 unspecified atom stereocenters. The van der Waals surface area contributed by atoms with Crippen LogP contribution < -0.4 is 0 Å². The average molecular weight is 441 g/mol. The second kappa shape index (κ2) is 12.4. The van der Waals surface area contributed by atoms with Gasteiger partial charge in [-0.3, -0.25) is 9.59 Å². The number of hydrogen-bond acceptors (Lipinski definition) is 3. The molecule has 0 saturated carbocycles. The van der Waals surface area contributed by atoms with E-state index in [-0.39, 0.29) is 12.2 Å². The SMILES string of the molecule is COCC#Cc1ccc(-c2ccc(C(=O)CC(CCCc3ccccc3)C(=O)O)cc2)cc1. The zero-order valence-electron chi connectivity index (χ0n) is 18.8. The lowest BCUT2D eigenvalue weighted by Crippen LogP contribution is -2.18. The number of methoxy groups -OCH3 is 1. The molecule has 0 heterocycles.